The Morgan fingerprint density at radius 2 is 1.87 bits per heavy atom. The van der Waals surface area contributed by atoms with Crippen LogP contribution >= 0.6 is 35.3 Å². The number of aromatic hydroxyl groups is 1. The number of nitrogens with zero attached hydrogens (tertiary/aromatic N) is 1. The van der Waals surface area contributed by atoms with Gasteiger partial charge in [0.15, 0.2) is 15.5 Å². The molecule has 1 aromatic heterocycles. The molecule has 5 rings (SSSR count). The molecule has 1 fully saturated rings. The van der Waals surface area contributed by atoms with Gasteiger partial charge < -0.3 is 14.8 Å². The van der Waals surface area contributed by atoms with Gasteiger partial charge in [0.05, 0.1) is 23.7 Å². The number of fused-ring (bicyclic) bond motifs is 2. The first kappa shape index (κ1) is 20.3. The zero-order valence-corrected chi connectivity index (χ0v) is 19.1. The van der Waals surface area contributed by atoms with Crippen molar-refractivity contribution in [3.05, 3.63) is 62.4 Å². The first-order chi connectivity index (χ1) is 14.9. The van der Waals surface area contributed by atoms with E-state index in [-0.39, 0.29) is 17.6 Å². The maximum absolute atomic E-state index is 13.6. The molecule has 2 aliphatic rings. The molecule has 0 bridgehead atoms. The lowest BCUT2D eigenvalue weighted by atomic mass is 9.83. The highest BCUT2D eigenvalue weighted by Gasteiger charge is 2.56. The number of H-pyrrole nitrogens is 1. The SMILES string of the molecule is COc1ccc([C@@H]2c3sc(=S)[nH]c3S[C@@H]3C(=O)N(c4ccc(C)cc4)C(=O)[C@@H]23)cc1O. The summed E-state index contributed by atoms with van der Waals surface area (Å²) in [7, 11) is 1.48. The van der Waals surface area contributed by atoms with Crippen molar-refractivity contribution in [2.45, 2.75) is 23.1 Å². The second kappa shape index (κ2) is 7.51. The number of ether oxygens (including phenoxy) is 1. The van der Waals surface area contributed by atoms with E-state index in [2.05, 4.69) is 4.98 Å². The number of rotatable bonds is 3. The van der Waals surface area contributed by atoms with Crippen LogP contribution in [-0.4, -0.2) is 34.3 Å². The predicted molar refractivity (Wildman–Crippen MR) is 123 cm³/mol. The number of carbonyl (C=O) groups excluding carboxylic acids is 2. The van der Waals surface area contributed by atoms with Crippen molar-refractivity contribution in [2.75, 3.05) is 12.0 Å². The fraction of sp³-hybridized carbons (Fsp3) is 0.227. The Morgan fingerprint density at radius 1 is 1.13 bits per heavy atom. The van der Waals surface area contributed by atoms with E-state index in [0.717, 1.165) is 21.0 Å². The number of hydrogen-bond acceptors (Lipinski definition) is 7. The summed E-state index contributed by atoms with van der Waals surface area (Å²) in [4.78, 5) is 32.4. The van der Waals surface area contributed by atoms with Crippen LogP contribution in [0.25, 0.3) is 0 Å². The average Bonchev–Trinajstić information content (AvgIpc) is 3.23. The van der Waals surface area contributed by atoms with Gasteiger partial charge in [-0.15, -0.1) is 11.3 Å². The van der Waals surface area contributed by atoms with Gasteiger partial charge in [0, 0.05) is 10.8 Å². The fourth-order valence-electron chi connectivity index (χ4n) is 4.22. The number of amides is 2. The minimum atomic E-state index is -0.597. The minimum absolute atomic E-state index is 0.0115. The summed E-state index contributed by atoms with van der Waals surface area (Å²) in [6.07, 6.45) is 0. The maximum Gasteiger partial charge on any atom is 0.248 e. The number of nitrogens with one attached hydrogen (secondary N) is 1. The van der Waals surface area contributed by atoms with Crippen molar-refractivity contribution in [1.82, 2.24) is 4.98 Å². The number of hydrogen-bond donors (Lipinski definition) is 2. The van der Waals surface area contributed by atoms with Gasteiger partial charge in [-0.1, -0.05) is 35.5 Å². The number of phenolic OH excluding ortho intramolecular Hbond substituents is 1. The Hall–Kier alpha value is -2.62. The van der Waals surface area contributed by atoms with Crippen LogP contribution in [-0.2, 0) is 9.59 Å². The van der Waals surface area contributed by atoms with E-state index in [4.69, 9.17) is 17.0 Å². The van der Waals surface area contributed by atoms with Gasteiger partial charge in [0.25, 0.3) is 0 Å². The van der Waals surface area contributed by atoms with Gasteiger partial charge >= 0.3 is 0 Å². The molecule has 31 heavy (non-hydrogen) atoms. The lowest BCUT2D eigenvalue weighted by Crippen LogP contribution is -2.32. The Morgan fingerprint density at radius 3 is 2.55 bits per heavy atom. The second-order valence-corrected chi connectivity index (χ2v) is 10.4. The molecule has 1 saturated heterocycles. The van der Waals surface area contributed by atoms with Gasteiger partial charge in [0.2, 0.25) is 11.8 Å². The van der Waals surface area contributed by atoms with E-state index >= 15 is 0 Å². The topological polar surface area (TPSA) is 82.6 Å². The highest BCUT2D eigenvalue weighted by molar-refractivity contribution is 8.01. The van der Waals surface area contributed by atoms with Crippen molar-refractivity contribution >= 4 is 52.8 Å². The largest absolute Gasteiger partial charge is 0.504 e. The number of imide groups is 1. The number of thiazole rings is 1. The smallest absolute Gasteiger partial charge is 0.248 e. The lowest BCUT2D eigenvalue weighted by Gasteiger charge is -2.30. The number of benzene rings is 2. The number of aromatic nitrogens is 1. The molecule has 3 atom stereocenters. The Labute approximate surface area is 191 Å². The minimum Gasteiger partial charge on any atom is -0.504 e. The molecule has 3 aromatic rings. The molecule has 158 valence electrons. The van der Waals surface area contributed by atoms with Crippen LogP contribution in [0.4, 0.5) is 5.69 Å². The number of thioether (sulfide) groups is 1. The zero-order valence-electron chi connectivity index (χ0n) is 16.6. The molecule has 9 heteroatoms. The van der Waals surface area contributed by atoms with Gasteiger partial charge in [-0.05, 0) is 49.0 Å². The summed E-state index contributed by atoms with van der Waals surface area (Å²) in [5, 5.41) is 10.6. The molecule has 0 aliphatic carbocycles. The molecule has 0 saturated carbocycles. The van der Waals surface area contributed by atoms with Crippen LogP contribution < -0.4 is 9.64 Å². The summed E-state index contributed by atoms with van der Waals surface area (Å²) in [5.74, 6) is -1.13. The third kappa shape index (κ3) is 3.19. The molecule has 3 heterocycles. The third-order valence-electron chi connectivity index (χ3n) is 5.68. The standard InChI is InChI=1S/C22H18N2O4S3/c1-10-3-6-12(7-4-10)24-20(26)16-15(11-5-8-14(28-2)13(25)9-11)17-19(23-22(29)31-17)30-18(16)21(24)27/h3-9,15-16,18,25H,1-2H3,(H,23,29)/t15-,16-,18-/m0/s1. The average molecular weight is 471 g/mol. The van der Waals surface area contributed by atoms with E-state index in [9.17, 15) is 14.7 Å². The molecule has 0 unspecified atom stereocenters. The normalized spacial score (nSPS) is 22.4. The van der Waals surface area contributed by atoms with Gasteiger partial charge in [0.1, 0.15) is 5.25 Å². The third-order valence-corrected chi connectivity index (χ3v) is 8.43. The second-order valence-electron chi connectivity index (χ2n) is 7.53. The monoisotopic (exact) mass is 470 g/mol. The van der Waals surface area contributed by atoms with Crippen molar-refractivity contribution in [3.8, 4) is 11.5 Å². The van der Waals surface area contributed by atoms with Crippen molar-refractivity contribution in [3.63, 3.8) is 0 Å². The zero-order chi connectivity index (χ0) is 21.9. The summed E-state index contributed by atoms with van der Waals surface area (Å²) >= 11 is 8.12. The van der Waals surface area contributed by atoms with Crippen molar-refractivity contribution < 1.29 is 19.4 Å². The van der Waals surface area contributed by atoms with Crippen LogP contribution in [0.2, 0.25) is 0 Å². The highest BCUT2D eigenvalue weighted by Crippen LogP contribution is 2.54. The summed E-state index contributed by atoms with van der Waals surface area (Å²) in [6, 6.07) is 12.5. The van der Waals surface area contributed by atoms with Crippen molar-refractivity contribution in [1.29, 1.82) is 0 Å². The number of aromatic amines is 1. The molecular formula is C22H18N2O4S3. The van der Waals surface area contributed by atoms with Gasteiger partial charge in [-0.2, -0.15) is 0 Å². The number of carbonyl (C=O) groups is 2. The van der Waals surface area contributed by atoms with Crippen LogP contribution in [0.15, 0.2) is 47.5 Å². The van der Waals surface area contributed by atoms with Gasteiger partial charge in [-0.3, -0.25) is 9.59 Å². The number of methoxy groups -OCH3 is 1. The molecular weight excluding hydrogens is 452 g/mol. The number of aryl methyl sites for hydroxylation is 1. The molecule has 2 amide bonds. The summed E-state index contributed by atoms with van der Waals surface area (Å²) in [6.45, 7) is 1.96. The molecule has 2 aliphatic heterocycles. The number of phenols is 1. The van der Waals surface area contributed by atoms with Crippen molar-refractivity contribution in [2.24, 2.45) is 5.92 Å². The Balaban J connectivity index is 1.65. The molecule has 0 spiro atoms. The van der Waals surface area contributed by atoms with E-state index in [1.165, 1.54) is 35.1 Å². The Kier molecular flexibility index (Phi) is 4.91. The molecule has 2 aromatic carbocycles. The summed E-state index contributed by atoms with van der Waals surface area (Å²) < 4.78 is 5.76. The van der Waals surface area contributed by atoms with Crippen LogP contribution in [0, 0.1) is 16.8 Å². The van der Waals surface area contributed by atoms with Crippen LogP contribution in [0.3, 0.4) is 0 Å². The quantitative estimate of drug-likeness (QED) is 0.429. The lowest BCUT2D eigenvalue weighted by molar-refractivity contribution is -0.122. The van der Waals surface area contributed by atoms with Crippen LogP contribution in [0.5, 0.6) is 11.5 Å². The number of anilines is 1. The molecule has 6 nitrogen and oxygen atoms in total. The molecule has 2 N–H and O–H groups in total. The fourth-order valence-corrected chi connectivity index (χ4v) is 7.19. The first-order valence-electron chi connectivity index (χ1n) is 9.60. The first-order valence-corrected chi connectivity index (χ1v) is 11.7. The summed E-state index contributed by atoms with van der Waals surface area (Å²) in [5.41, 5.74) is 2.37. The predicted octanol–water partition coefficient (Wildman–Crippen LogP) is 4.62. The van der Waals surface area contributed by atoms with E-state index in [0.29, 0.717) is 15.4 Å². The highest BCUT2D eigenvalue weighted by atomic mass is 32.2. The van der Waals surface area contributed by atoms with Crippen LogP contribution in [0.1, 0.15) is 21.9 Å². The van der Waals surface area contributed by atoms with Gasteiger partial charge in [-0.25, -0.2) is 4.90 Å². The maximum atomic E-state index is 13.6. The molecule has 0 radical (unpaired) electrons. The van der Waals surface area contributed by atoms with E-state index in [1.807, 2.05) is 25.1 Å². The van der Waals surface area contributed by atoms with E-state index in [1.54, 1.807) is 24.3 Å². The Bertz CT molecular complexity index is 1260. The van der Waals surface area contributed by atoms with E-state index < -0.39 is 17.1 Å².